The van der Waals surface area contributed by atoms with Gasteiger partial charge in [0, 0.05) is 34.7 Å². The Morgan fingerprint density at radius 2 is 2.00 bits per heavy atom. The topological polar surface area (TPSA) is 85.1 Å². The van der Waals surface area contributed by atoms with Crippen molar-refractivity contribution in [2.45, 2.75) is 6.42 Å². The van der Waals surface area contributed by atoms with Crippen molar-refractivity contribution >= 4 is 33.2 Å². The van der Waals surface area contributed by atoms with Crippen LogP contribution in [-0.2, 0) is 11.2 Å². The largest absolute Gasteiger partial charge is 0.326 e. The van der Waals surface area contributed by atoms with Gasteiger partial charge in [-0.1, -0.05) is 22.0 Å². The third-order valence-corrected chi connectivity index (χ3v) is 3.30. The average Bonchev–Trinajstić information content (AvgIpc) is 2.42. The molecule has 0 saturated carbocycles. The van der Waals surface area contributed by atoms with Crippen molar-refractivity contribution in [3.8, 4) is 0 Å². The molecule has 0 aliphatic carbocycles. The molecule has 2 aromatic rings. The maximum Gasteiger partial charge on any atom is 0.270 e. The number of nitrogens with zero attached hydrogens (tertiary/aromatic N) is 2. The summed E-state index contributed by atoms with van der Waals surface area (Å²) in [7, 11) is 0. The van der Waals surface area contributed by atoms with E-state index in [1.54, 1.807) is 30.6 Å². The number of anilines is 1. The molecular formula is C13H10BrN3O3. The summed E-state index contributed by atoms with van der Waals surface area (Å²) in [6.45, 7) is 0. The van der Waals surface area contributed by atoms with Crippen LogP contribution in [0.15, 0.2) is 47.2 Å². The van der Waals surface area contributed by atoms with Crippen LogP contribution in [0, 0.1) is 10.1 Å². The van der Waals surface area contributed by atoms with Crippen LogP contribution in [0.25, 0.3) is 0 Å². The zero-order chi connectivity index (χ0) is 14.5. The average molecular weight is 336 g/mol. The highest BCUT2D eigenvalue weighted by Crippen LogP contribution is 2.23. The first-order valence-electron chi connectivity index (χ1n) is 5.69. The van der Waals surface area contributed by atoms with E-state index < -0.39 is 4.92 Å². The lowest BCUT2D eigenvalue weighted by Gasteiger charge is -2.06. The van der Waals surface area contributed by atoms with Crippen molar-refractivity contribution in [3.63, 3.8) is 0 Å². The van der Waals surface area contributed by atoms with Gasteiger partial charge in [0.2, 0.25) is 5.91 Å². The van der Waals surface area contributed by atoms with E-state index in [2.05, 4.69) is 26.2 Å². The second-order valence-corrected chi connectivity index (χ2v) is 4.85. The highest BCUT2D eigenvalue weighted by atomic mass is 79.9. The molecule has 0 aliphatic rings. The molecule has 0 fully saturated rings. The van der Waals surface area contributed by atoms with Crippen LogP contribution in [0.5, 0.6) is 0 Å². The molecule has 1 aromatic heterocycles. The van der Waals surface area contributed by atoms with E-state index in [1.165, 1.54) is 12.1 Å². The molecule has 1 amide bonds. The van der Waals surface area contributed by atoms with E-state index in [4.69, 9.17) is 0 Å². The van der Waals surface area contributed by atoms with Gasteiger partial charge in [0.05, 0.1) is 11.3 Å². The van der Waals surface area contributed by atoms with Gasteiger partial charge in [0.15, 0.2) is 0 Å². The maximum absolute atomic E-state index is 11.9. The van der Waals surface area contributed by atoms with Crippen molar-refractivity contribution in [1.29, 1.82) is 0 Å². The smallest absolute Gasteiger partial charge is 0.270 e. The van der Waals surface area contributed by atoms with Crippen LogP contribution < -0.4 is 5.32 Å². The van der Waals surface area contributed by atoms with E-state index in [9.17, 15) is 14.9 Å². The van der Waals surface area contributed by atoms with Gasteiger partial charge in [-0.05, 0) is 17.7 Å². The maximum atomic E-state index is 11.9. The summed E-state index contributed by atoms with van der Waals surface area (Å²) >= 11 is 3.23. The molecule has 6 nitrogen and oxygen atoms in total. The number of hydrogen-bond donors (Lipinski definition) is 1. The van der Waals surface area contributed by atoms with Gasteiger partial charge in [0.25, 0.3) is 5.69 Å². The van der Waals surface area contributed by atoms with Crippen molar-refractivity contribution in [2.75, 3.05) is 5.32 Å². The lowest BCUT2D eigenvalue weighted by Crippen LogP contribution is -2.14. The van der Waals surface area contributed by atoms with Crippen molar-refractivity contribution in [3.05, 3.63) is 62.9 Å². The number of hydrogen-bond acceptors (Lipinski definition) is 4. The summed E-state index contributed by atoms with van der Waals surface area (Å²) in [5.41, 5.74) is 1.32. The summed E-state index contributed by atoms with van der Waals surface area (Å²) in [5.74, 6) is -0.203. The molecule has 1 N–H and O–H groups in total. The quantitative estimate of drug-likeness (QED) is 0.687. The van der Waals surface area contributed by atoms with Crippen LogP contribution in [0.1, 0.15) is 5.56 Å². The van der Waals surface area contributed by atoms with Crippen LogP contribution in [0.4, 0.5) is 11.4 Å². The Hall–Kier alpha value is -2.28. The second kappa shape index (κ2) is 6.25. The number of nitro benzene ring substituents is 1. The van der Waals surface area contributed by atoms with Gasteiger partial charge < -0.3 is 5.32 Å². The highest BCUT2D eigenvalue weighted by Gasteiger charge is 2.12. The predicted octanol–water partition coefficient (Wildman–Crippen LogP) is 2.93. The molecular weight excluding hydrogens is 326 g/mol. The predicted molar refractivity (Wildman–Crippen MR) is 77.4 cm³/mol. The molecule has 7 heteroatoms. The molecule has 0 bridgehead atoms. The van der Waals surface area contributed by atoms with E-state index in [0.29, 0.717) is 15.7 Å². The van der Waals surface area contributed by atoms with Gasteiger partial charge in [-0.15, -0.1) is 0 Å². The monoisotopic (exact) mass is 335 g/mol. The molecule has 0 spiro atoms. The molecule has 20 heavy (non-hydrogen) atoms. The summed E-state index contributed by atoms with van der Waals surface area (Å²) in [4.78, 5) is 25.9. The standard InChI is InChI=1S/C13H10BrN3O3/c14-12-8-11(17(19)20)2-1-9(12)7-13(18)16-10-3-5-15-6-4-10/h1-6,8H,7H2,(H,15,16,18). The molecule has 1 heterocycles. The van der Waals surface area contributed by atoms with Gasteiger partial charge in [-0.3, -0.25) is 19.9 Å². The minimum Gasteiger partial charge on any atom is -0.326 e. The number of nitrogens with one attached hydrogen (secondary N) is 1. The van der Waals surface area contributed by atoms with E-state index in [1.807, 2.05) is 0 Å². The Morgan fingerprint density at radius 1 is 1.30 bits per heavy atom. The first kappa shape index (κ1) is 14.1. The third-order valence-electron chi connectivity index (χ3n) is 2.56. The lowest BCUT2D eigenvalue weighted by molar-refractivity contribution is -0.384. The van der Waals surface area contributed by atoms with Gasteiger partial charge in [0.1, 0.15) is 0 Å². The zero-order valence-electron chi connectivity index (χ0n) is 10.2. The summed E-state index contributed by atoms with van der Waals surface area (Å²) < 4.78 is 0.538. The number of halogens is 1. The number of aromatic nitrogens is 1. The van der Waals surface area contributed by atoms with Crippen LogP contribution in [0.2, 0.25) is 0 Å². The number of non-ortho nitro benzene ring substituents is 1. The number of nitro groups is 1. The molecule has 0 radical (unpaired) electrons. The third kappa shape index (κ3) is 3.61. The minimum atomic E-state index is -0.481. The van der Waals surface area contributed by atoms with Gasteiger partial charge in [-0.2, -0.15) is 0 Å². The van der Waals surface area contributed by atoms with Crippen molar-refractivity contribution < 1.29 is 9.72 Å². The number of benzene rings is 1. The summed E-state index contributed by atoms with van der Waals surface area (Å²) in [6.07, 6.45) is 3.29. The fourth-order valence-electron chi connectivity index (χ4n) is 1.61. The number of carbonyl (C=O) groups excluding carboxylic acids is 1. The van der Waals surface area contributed by atoms with Crippen LogP contribution in [-0.4, -0.2) is 15.8 Å². The molecule has 0 saturated heterocycles. The van der Waals surface area contributed by atoms with E-state index in [-0.39, 0.29) is 18.0 Å². The molecule has 0 aliphatic heterocycles. The molecule has 2 rings (SSSR count). The molecule has 0 atom stereocenters. The van der Waals surface area contributed by atoms with Crippen LogP contribution >= 0.6 is 15.9 Å². The minimum absolute atomic E-state index is 0.0184. The molecule has 0 unspecified atom stereocenters. The van der Waals surface area contributed by atoms with Gasteiger partial charge >= 0.3 is 0 Å². The number of rotatable bonds is 4. The van der Waals surface area contributed by atoms with Crippen molar-refractivity contribution in [2.24, 2.45) is 0 Å². The van der Waals surface area contributed by atoms with Crippen LogP contribution in [0.3, 0.4) is 0 Å². The summed E-state index contributed by atoms with van der Waals surface area (Å²) in [6, 6.07) is 7.69. The lowest BCUT2D eigenvalue weighted by atomic mass is 10.1. The molecule has 102 valence electrons. The Labute approximate surface area is 123 Å². The number of amides is 1. The SMILES string of the molecule is O=C(Cc1ccc([N+](=O)[O-])cc1Br)Nc1ccncc1. The first-order valence-corrected chi connectivity index (χ1v) is 6.48. The Bertz CT molecular complexity index is 647. The Kier molecular flexibility index (Phi) is 4.41. The normalized spacial score (nSPS) is 10.1. The van der Waals surface area contributed by atoms with Gasteiger partial charge in [-0.25, -0.2) is 0 Å². The Morgan fingerprint density at radius 3 is 2.60 bits per heavy atom. The van der Waals surface area contributed by atoms with Crippen molar-refractivity contribution in [1.82, 2.24) is 4.98 Å². The fraction of sp³-hybridized carbons (Fsp3) is 0.0769. The van der Waals surface area contributed by atoms with E-state index >= 15 is 0 Å². The highest BCUT2D eigenvalue weighted by molar-refractivity contribution is 9.10. The fourth-order valence-corrected chi connectivity index (χ4v) is 2.11. The number of carbonyl (C=O) groups is 1. The first-order chi connectivity index (χ1) is 9.56. The summed E-state index contributed by atoms with van der Waals surface area (Å²) in [5, 5.41) is 13.3. The zero-order valence-corrected chi connectivity index (χ0v) is 11.8. The number of pyridine rings is 1. The molecule has 1 aromatic carbocycles. The van der Waals surface area contributed by atoms with E-state index in [0.717, 1.165) is 0 Å². The second-order valence-electron chi connectivity index (χ2n) is 3.99. The Balaban J connectivity index is 2.06.